The van der Waals surface area contributed by atoms with Crippen LogP contribution in [0.4, 0.5) is 0 Å². The molecule has 0 aliphatic heterocycles. The zero-order valence-corrected chi connectivity index (χ0v) is 6.34. The molecule has 0 amide bonds. The Hall–Kier alpha value is -0.300. The lowest BCUT2D eigenvalue weighted by Gasteiger charge is -2.11. The van der Waals surface area contributed by atoms with Crippen molar-refractivity contribution in [3.63, 3.8) is 0 Å². The number of hydrogen-bond donors (Lipinski definition) is 1. The van der Waals surface area contributed by atoms with E-state index in [2.05, 4.69) is 6.08 Å². The summed E-state index contributed by atoms with van der Waals surface area (Å²) in [6, 6.07) is 0.518. The van der Waals surface area contributed by atoms with Gasteiger partial charge in [-0.2, -0.15) is 0 Å². The normalized spacial score (nSPS) is 39.1. The molecule has 2 aliphatic carbocycles. The fraction of sp³-hybridized carbons (Fsp3) is 0.778. The molecular formula is C9H15N. The summed E-state index contributed by atoms with van der Waals surface area (Å²) in [4.78, 5) is 0. The summed E-state index contributed by atoms with van der Waals surface area (Å²) in [7, 11) is 0. The van der Waals surface area contributed by atoms with Crippen molar-refractivity contribution in [1.82, 2.24) is 0 Å². The molecule has 2 rings (SSSR count). The molecule has 0 heterocycles. The number of hydrogen-bond acceptors (Lipinski definition) is 1. The average Bonchev–Trinajstić information content (AvgIpc) is 2.69. The van der Waals surface area contributed by atoms with Crippen LogP contribution in [0.5, 0.6) is 0 Å². The minimum Gasteiger partial charge on any atom is -0.327 e. The molecule has 10 heavy (non-hydrogen) atoms. The first-order chi connectivity index (χ1) is 4.88. The highest BCUT2D eigenvalue weighted by atomic mass is 14.7. The largest absolute Gasteiger partial charge is 0.327 e. The third-order valence-electron chi connectivity index (χ3n) is 2.64. The molecular weight excluding hydrogens is 122 g/mol. The van der Waals surface area contributed by atoms with Crippen molar-refractivity contribution >= 4 is 0 Å². The number of allylic oxidation sites excluding steroid dienone is 1. The average molecular weight is 137 g/mol. The van der Waals surface area contributed by atoms with Crippen LogP contribution in [-0.2, 0) is 0 Å². The summed E-state index contributed by atoms with van der Waals surface area (Å²) < 4.78 is 0. The summed E-state index contributed by atoms with van der Waals surface area (Å²) in [5.41, 5.74) is 7.42. The first-order valence-corrected chi connectivity index (χ1v) is 4.32. The molecule has 1 fully saturated rings. The fourth-order valence-electron chi connectivity index (χ4n) is 1.84. The number of nitrogens with two attached hydrogens (primary N) is 1. The van der Waals surface area contributed by atoms with Gasteiger partial charge in [0.15, 0.2) is 0 Å². The smallest absolute Gasteiger partial charge is 0.0111 e. The highest BCUT2D eigenvalue weighted by Gasteiger charge is 2.36. The Balaban J connectivity index is 1.97. The van der Waals surface area contributed by atoms with E-state index in [0.29, 0.717) is 6.04 Å². The monoisotopic (exact) mass is 137 g/mol. The second-order valence-corrected chi connectivity index (χ2v) is 3.53. The van der Waals surface area contributed by atoms with Crippen molar-refractivity contribution in [1.29, 1.82) is 0 Å². The van der Waals surface area contributed by atoms with E-state index in [1.165, 1.54) is 32.1 Å². The summed E-state index contributed by atoms with van der Waals surface area (Å²) in [6.07, 6.45) is 9.10. The van der Waals surface area contributed by atoms with E-state index < -0.39 is 0 Å². The van der Waals surface area contributed by atoms with Gasteiger partial charge in [0.05, 0.1) is 0 Å². The molecule has 0 saturated heterocycles. The molecule has 0 spiro atoms. The van der Waals surface area contributed by atoms with Gasteiger partial charge in [-0.15, -0.1) is 0 Å². The van der Waals surface area contributed by atoms with Gasteiger partial charge in [0.25, 0.3) is 0 Å². The lowest BCUT2D eigenvalue weighted by atomic mass is 9.96. The van der Waals surface area contributed by atoms with E-state index in [1.54, 1.807) is 5.57 Å². The van der Waals surface area contributed by atoms with Crippen LogP contribution in [0.15, 0.2) is 11.6 Å². The zero-order chi connectivity index (χ0) is 6.97. The van der Waals surface area contributed by atoms with E-state index in [9.17, 15) is 0 Å². The molecule has 0 radical (unpaired) electrons. The maximum atomic E-state index is 5.76. The third kappa shape index (κ3) is 1.10. The van der Waals surface area contributed by atoms with Crippen LogP contribution in [0, 0.1) is 5.92 Å². The summed E-state index contributed by atoms with van der Waals surface area (Å²) >= 11 is 0. The van der Waals surface area contributed by atoms with Gasteiger partial charge >= 0.3 is 0 Å². The Morgan fingerprint density at radius 3 is 2.70 bits per heavy atom. The van der Waals surface area contributed by atoms with E-state index in [1.807, 2.05) is 0 Å². The van der Waals surface area contributed by atoms with Gasteiger partial charge in [-0.3, -0.25) is 0 Å². The molecule has 2 aliphatic rings. The predicted molar refractivity (Wildman–Crippen MR) is 42.6 cm³/mol. The first-order valence-electron chi connectivity index (χ1n) is 4.32. The molecule has 2 N–H and O–H groups in total. The van der Waals surface area contributed by atoms with Gasteiger partial charge in [0, 0.05) is 6.04 Å². The molecule has 0 aromatic carbocycles. The predicted octanol–water partition coefficient (Wildman–Crippen LogP) is 1.83. The van der Waals surface area contributed by atoms with Gasteiger partial charge in [0.1, 0.15) is 0 Å². The standard InChI is InChI=1S/C9H15N/c10-9-6-8(9)7-4-2-1-3-5-7/h4,8-9H,1-3,5-6,10H2. The minimum atomic E-state index is 0.518. The Kier molecular flexibility index (Phi) is 1.53. The maximum Gasteiger partial charge on any atom is 0.0111 e. The highest BCUT2D eigenvalue weighted by Crippen LogP contribution is 2.39. The second-order valence-electron chi connectivity index (χ2n) is 3.53. The van der Waals surface area contributed by atoms with Crippen LogP contribution in [0.25, 0.3) is 0 Å². The van der Waals surface area contributed by atoms with Crippen molar-refractivity contribution < 1.29 is 0 Å². The molecule has 56 valence electrons. The zero-order valence-electron chi connectivity index (χ0n) is 6.34. The van der Waals surface area contributed by atoms with Crippen molar-refractivity contribution in [2.24, 2.45) is 11.7 Å². The van der Waals surface area contributed by atoms with E-state index in [-0.39, 0.29) is 0 Å². The first kappa shape index (κ1) is 6.41. The van der Waals surface area contributed by atoms with Gasteiger partial charge in [0.2, 0.25) is 0 Å². The molecule has 1 saturated carbocycles. The Morgan fingerprint density at radius 1 is 1.40 bits per heavy atom. The lowest BCUT2D eigenvalue weighted by Crippen LogP contribution is -2.05. The van der Waals surface area contributed by atoms with Gasteiger partial charge < -0.3 is 5.73 Å². The van der Waals surface area contributed by atoms with Gasteiger partial charge in [-0.1, -0.05) is 11.6 Å². The fourth-order valence-corrected chi connectivity index (χ4v) is 1.84. The SMILES string of the molecule is NC1CC1C1=CCCCC1. The molecule has 0 aromatic rings. The molecule has 1 heteroatoms. The van der Waals surface area contributed by atoms with Crippen molar-refractivity contribution in [3.8, 4) is 0 Å². The van der Waals surface area contributed by atoms with Crippen LogP contribution in [0.3, 0.4) is 0 Å². The van der Waals surface area contributed by atoms with E-state index in [4.69, 9.17) is 5.73 Å². The summed E-state index contributed by atoms with van der Waals surface area (Å²) in [6.45, 7) is 0. The topological polar surface area (TPSA) is 26.0 Å². The van der Waals surface area contributed by atoms with E-state index >= 15 is 0 Å². The molecule has 2 unspecified atom stereocenters. The van der Waals surface area contributed by atoms with Crippen molar-refractivity contribution in [2.45, 2.75) is 38.1 Å². The maximum absolute atomic E-state index is 5.76. The van der Waals surface area contributed by atoms with Crippen LogP contribution < -0.4 is 5.73 Å². The lowest BCUT2D eigenvalue weighted by molar-refractivity contribution is 0.663. The van der Waals surface area contributed by atoms with Gasteiger partial charge in [-0.25, -0.2) is 0 Å². The quantitative estimate of drug-likeness (QED) is 0.548. The Labute approximate surface area is 62.3 Å². The van der Waals surface area contributed by atoms with Crippen LogP contribution in [-0.4, -0.2) is 6.04 Å². The minimum absolute atomic E-state index is 0.518. The van der Waals surface area contributed by atoms with Crippen LogP contribution in [0.1, 0.15) is 32.1 Å². The molecule has 2 atom stereocenters. The second kappa shape index (κ2) is 2.39. The summed E-state index contributed by atoms with van der Waals surface area (Å²) in [5, 5.41) is 0. The van der Waals surface area contributed by atoms with E-state index in [0.717, 1.165) is 5.92 Å². The molecule has 0 aromatic heterocycles. The van der Waals surface area contributed by atoms with Gasteiger partial charge in [-0.05, 0) is 38.0 Å². The van der Waals surface area contributed by atoms with Crippen molar-refractivity contribution in [3.05, 3.63) is 11.6 Å². The van der Waals surface area contributed by atoms with Crippen LogP contribution in [0.2, 0.25) is 0 Å². The van der Waals surface area contributed by atoms with Crippen molar-refractivity contribution in [2.75, 3.05) is 0 Å². The summed E-state index contributed by atoms with van der Waals surface area (Å²) in [5.74, 6) is 0.792. The Bertz CT molecular complexity index is 160. The Morgan fingerprint density at radius 2 is 2.20 bits per heavy atom. The molecule has 0 bridgehead atoms. The number of rotatable bonds is 1. The molecule has 1 nitrogen and oxygen atoms in total. The third-order valence-corrected chi connectivity index (χ3v) is 2.64. The van der Waals surface area contributed by atoms with Crippen LogP contribution >= 0.6 is 0 Å². The highest BCUT2D eigenvalue weighted by molar-refractivity contribution is 5.19.